The van der Waals surface area contributed by atoms with Crippen molar-refractivity contribution in [3.8, 4) is 17.6 Å². The monoisotopic (exact) mass is 286 g/mol. The lowest BCUT2D eigenvalue weighted by Crippen LogP contribution is -1.97. The maximum absolute atomic E-state index is 8.74. The van der Waals surface area contributed by atoms with E-state index in [2.05, 4.69) is 37.8 Å². The number of hydrogen-bond acceptors (Lipinski definition) is 3. The Morgan fingerprint density at radius 2 is 2.10 bits per heavy atom. The van der Waals surface area contributed by atoms with Crippen LogP contribution in [0.4, 0.5) is 0 Å². The first-order chi connectivity index (χ1) is 9.70. The molecule has 0 aliphatic heterocycles. The fourth-order valence-corrected chi connectivity index (χ4v) is 2.62. The van der Waals surface area contributed by atoms with Crippen LogP contribution in [0.1, 0.15) is 28.0 Å². The fourth-order valence-electron chi connectivity index (χ4n) is 1.88. The summed E-state index contributed by atoms with van der Waals surface area (Å²) < 4.78 is 5.88. The summed E-state index contributed by atoms with van der Waals surface area (Å²) >= 11 is 1.65. The first-order valence-corrected chi connectivity index (χ1v) is 7.45. The van der Waals surface area contributed by atoms with Gasteiger partial charge in [0, 0.05) is 12.0 Å². The normalized spacial score (nSPS) is 9.95. The fraction of sp³-hybridized carbons (Fsp3) is 0.294. The van der Waals surface area contributed by atoms with Gasteiger partial charge in [-0.15, -0.1) is 11.3 Å². The first-order valence-electron chi connectivity index (χ1n) is 6.57. The summed E-state index contributed by atoms with van der Waals surface area (Å²) in [5.41, 5.74) is 3.38. The summed E-state index contributed by atoms with van der Waals surface area (Å²) in [7, 11) is 0. The number of thiophene rings is 1. The molecule has 1 aromatic carbocycles. The number of rotatable bonds is 4. The third-order valence-electron chi connectivity index (χ3n) is 2.89. The topological polar surface area (TPSA) is 29.5 Å². The van der Waals surface area contributed by atoms with E-state index >= 15 is 0 Å². The van der Waals surface area contributed by atoms with Gasteiger partial charge >= 0.3 is 0 Å². The number of benzene rings is 1. The van der Waals surface area contributed by atoms with Gasteiger partial charge in [0.05, 0.1) is 11.5 Å². The molecule has 0 spiro atoms. The van der Waals surface area contributed by atoms with E-state index in [9.17, 15) is 0 Å². The molecule has 2 rings (SSSR count). The van der Waals surface area contributed by atoms with Gasteiger partial charge in [0.25, 0.3) is 0 Å². The predicted molar refractivity (Wildman–Crippen MR) is 83.1 cm³/mol. The second-order valence-corrected chi connectivity index (χ2v) is 5.59. The standard InChI is InChI=1S/C17H18O2S/c1-13-6-7-16(14(2)11-13)19-12-17-15(8-10-20-17)5-3-4-9-18/h6-8,10-11,18H,4,9,12H2,1-2H3. The van der Waals surface area contributed by atoms with Crippen LogP contribution in [-0.2, 0) is 6.61 Å². The molecular formula is C17H18O2S. The van der Waals surface area contributed by atoms with Crippen LogP contribution in [0.3, 0.4) is 0 Å². The highest BCUT2D eigenvalue weighted by Gasteiger charge is 2.05. The molecule has 3 heteroatoms. The van der Waals surface area contributed by atoms with Crippen molar-refractivity contribution in [3.63, 3.8) is 0 Å². The Morgan fingerprint density at radius 1 is 1.25 bits per heavy atom. The number of aryl methyl sites for hydroxylation is 2. The zero-order valence-corrected chi connectivity index (χ0v) is 12.6. The minimum absolute atomic E-state index is 0.103. The molecule has 0 aliphatic rings. The highest BCUT2D eigenvalue weighted by molar-refractivity contribution is 7.10. The molecule has 0 fully saturated rings. The van der Waals surface area contributed by atoms with Crippen LogP contribution in [0, 0.1) is 25.7 Å². The molecule has 0 radical (unpaired) electrons. The van der Waals surface area contributed by atoms with Crippen LogP contribution in [0.15, 0.2) is 29.6 Å². The van der Waals surface area contributed by atoms with Crippen LogP contribution in [0.25, 0.3) is 0 Å². The molecule has 0 amide bonds. The number of hydrogen-bond donors (Lipinski definition) is 1. The van der Waals surface area contributed by atoms with E-state index in [0.717, 1.165) is 21.8 Å². The summed E-state index contributed by atoms with van der Waals surface area (Å²) in [5.74, 6) is 6.94. The van der Waals surface area contributed by atoms with E-state index in [1.54, 1.807) is 11.3 Å². The highest BCUT2D eigenvalue weighted by atomic mass is 32.1. The Hall–Kier alpha value is -1.76. The van der Waals surface area contributed by atoms with Gasteiger partial charge in [0.1, 0.15) is 12.4 Å². The minimum Gasteiger partial charge on any atom is -0.488 e. The van der Waals surface area contributed by atoms with Gasteiger partial charge in [-0.1, -0.05) is 29.5 Å². The molecule has 0 saturated heterocycles. The van der Waals surface area contributed by atoms with E-state index in [0.29, 0.717) is 13.0 Å². The second kappa shape index (κ2) is 7.14. The van der Waals surface area contributed by atoms with Gasteiger partial charge in [-0.3, -0.25) is 0 Å². The Kier molecular flexibility index (Phi) is 5.23. The van der Waals surface area contributed by atoms with Crippen molar-refractivity contribution in [1.29, 1.82) is 0 Å². The van der Waals surface area contributed by atoms with Crippen molar-refractivity contribution < 1.29 is 9.84 Å². The molecule has 2 nitrogen and oxygen atoms in total. The lowest BCUT2D eigenvalue weighted by Gasteiger charge is -2.09. The third kappa shape index (κ3) is 3.86. The van der Waals surface area contributed by atoms with Gasteiger partial charge in [0.15, 0.2) is 0 Å². The number of aliphatic hydroxyl groups is 1. The molecular weight excluding hydrogens is 268 g/mol. The Morgan fingerprint density at radius 3 is 2.85 bits per heavy atom. The zero-order valence-electron chi connectivity index (χ0n) is 11.8. The van der Waals surface area contributed by atoms with Gasteiger partial charge in [-0.2, -0.15) is 0 Å². The highest BCUT2D eigenvalue weighted by Crippen LogP contribution is 2.22. The summed E-state index contributed by atoms with van der Waals surface area (Å²) in [4.78, 5) is 1.12. The van der Waals surface area contributed by atoms with Crippen LogP contribution in [0.5, 0.6) is 5.75 Å². The smallest absolute Gasteiger partial charge is 0.124 e. The average Bonchev–Trinajstić information content (AvgIpc) is 2.86. The second-order valence-electron chi connectivity index (χ2n) is 4.59. The van der Waals surface area contributed by atoms with Crippen molar-refractivity contribution in [2.75, 3.05) is 6.61 Å². The molecule has 2 aromatic rings. The van der Waals surface area contributed by atoms with Crippen LogP contribution >= 0.6 is 11.3 Å². The predicted octanol–water partition coefficient (Wildman–Crippen LogP) is 3.68. The zero-order chi connectivity index (χ0) is 14.4. The van der Waals surface area contributed by atoms with Crippen molar-refractivity contribution in [3.05, 3.63) is 51.2 Å². The number of aliphatic hydroxyl groups excluding tert-OH is 1. The molecule has 0 saturated carbocycles. The van der Waals surface area contributed by atoms with Crippen molar-refractivity contribution >= 4 is 11.3 Å². The average molecular weight is 286 g/mol. The molecule has 1 heterocycles. The summed E-state index contributed by atoms with van der Waals surface area (Å²) in [6, 6.07) is 8.18. The van der Waals surface area contributed by atoms with Gasteiger partial charge in [-0.25, -0.2) is 0 Å². The van der Waals surface area contributed by atoms with Crippen molar-refractivity contribution in [1.82, 2.24) is 0 Å². The Labute approximate surface area is 124 Å². The molecule has 1 aromatic heterocycles. The number of ether oxygens (including phenoxy) is 1. The minimum atomic E-state index is 0.103. The van der Waals surface area contributed by atoms with Gasteiger partial charge < -0.3 is 9.84 Å². The summed E-state index contributed by atoms with van der Waals surface area (Å²) in [6.45, 7) is 4.76. The molecule has 0 atom stereocenters. The Balaban J connectivity index is 2.04. The van der Waals surface area contributed by atoms with E-state index < -0.39 is 0 Å². The van der Waals surface area contributed by atoms with E-state index in [-0.39, 0.29) is 6.61 Å². The lowest BCUT2D eigenvalue weighted by atomic mass is 10.1. The van der Waals surface area contributed by atoms with Crippen LogP contribution in [0.2, 0.25) is 0 Å². The van der Waals surface area contributed by atoms with Gasteiger partial charge in [-0.05, 0) is 36.9 Å². The molecule has 20 heavy (non-hydrogen) atoms. The van der Waals surface area contributed by atoms with Gasteiger partial charge in [0.2, 0.25) is 0 Å². The molecule has 0 unspecified atom stereocenters. The molecule has 104 valence electrons. The Bertz CT molecular complexity index is 632. The third-order valence-corrected chi connectivity index (χ3v) is 3.79. The van der Waals surface area contributed by atoms with Crippen molar-refractivity contribution in [2.24, 2.45) is 0 Å². The lowest BCUT2D eigenvalue weighted by molar-refractivity contribution is 0.305. The van der Waals surface area contributed by atoms with E-state index in [4.69, 9.17) is 9.84 Å². The molecule has 0 bridgehead atoms. The maximum atomic E-state index is 8.74. The SMILES string of the molecule is Cc1ccc(OCc2sccc2C#CCCO)c(C)c1. The first kappa shape index (κ1) is 14.6. The van der Waals surface area contributed by atoms with E-state index in [1.165, 1.54) is 5.56 Å². The maximum Gasteiger partial charge on any atom is 0.124 e. The van der Waals surface area contributed by atoms with Crippen LogP contribution in [-0.4, -0.2) is 11.7 Å². The largest absolute Gasteiger partial charge is 0.488 e. The summed E-state index contributed by atoms with van der Waals surface area (Å²) in [5, 5.41) is 10.8. The molecule has 1 N–H and O–H groups in total. The summed E-state index contributed by atoms with van der Waals surface area (Å²) in [6.07, 6.45) is 0.507. The molecule has 0 aliphatic carbocycles. The van der Waals surface area contributed by atoms with E-state index in [1.807, 2.05) is 17.5 Å². The van der Waals surface area contributed by atoms with Crippen molar-refractivity contribution in [2.45, 2.75) is 26.9 Å². The quantitative estimate of drug-likeness (QED) is 0.869. The van der Waals surface area contributed by atoms with Crippen LogP contribution < -0.4 is 4.74 Å².